The van der Waals surface area contributed by atoms with Crippen molar-refractivity contribution in [3.05, 3.63) is 42.1 Å². The highest BCUT2D eigenvalue weighted by atomic mass is 19.4. The van der Waals surface area contributed by atoms with Crippen LogP contribution in [0.4, 0.5) is 13.2 Å². The highest BCUT2D eigenvalue weighted by molar-refractivity contribution is 5.56. The van der Waals surface area contributed by atoms with E-state index in [9.17, 15) is 13.2 Å². The first-order chi connectivity index (χ1) is 9.98. The minimum Gasteiger partial charge on any atom is -0.395 e. The van der Waals surface area contributed by atoms with Gasteiger partial charge in [-0.15, -0.1) is 0 Å². The molecule has 1 aromatic heterocycles. The Morgan fingerprint density at radius 2 is 1.90 bits per heavy atom. The average molecular weight is 300 g/mol. The van der Waals surface area contributed by atoms with Crippen LogP contribution in [0.2, 0.25) is 0 Å². The number of alkyl halides is 3. The maximum Gasteiger partial charge on any atom is 0.401 e. The second kappa shape index (κ2) is 6.73. The molecule has 1 aromatic carbocycles. The molecule has 0 aliphatic carbocycles. The molecule has 1 heterocycles. The molecule has 2 rings (SSSR count). The van der Waals surface area contributed by atoms with Crippen molar-refractivity contribution < 1.29 is 22.8 Å². The lowest BCUT2D eigenvalue weighted by Crippen LogP contribution is -2.35. The van der Waals surface area contributed by atoms with Gasteiger partial charge in [0.25, 0.3) is 0 Å². The quantitative estimate of drug-likeness (QED) is 0.891. The summed E-state index contributed by atoms with van der Waals surface area (Å²) in [6, 6.07) is 10.8. The molecule has 0 atom stereocenters. The Morgan fingerprint density at radius 1 is 1.19 bits per heavy atom. The van der Waals surface area contributed by atoms with E-state index in [1.54, 1.807) is 6.07 Å². The molecule has 0 fully saturated rings. The van der Waals surface area contributed by atoms with Gasteiger partial charge in [0.05, 0.1) is 18.8 Å². The zero-order valence-corrected chi connectivity index (χ0v) is 11.2. The van der Waals surface area contributed by atoms with Crippen LogP contribution >= 0.6 is 0 Å². The molecule has 7 heteroatoms. The van der Waals surface area contributed by atoms with E-state index in [0.29, 0.717) is 11.5 Å². The largest absolute Gasteiger partial charge is 0.401 e. The third kappa shape index (κ3) is 4.87. The zero-order chi connectivity index (χ0) is 15.3. The van der Waals surface area contributed by atoms with Gasteiger partial charge >= 0.3 is 6.18 Å². The number of rotatable bonds is 6. The normalized spacial score (nSPS) is 12.0. The van der Waals surface area contributed by atoms with Crippen LogP contribution in [0.5, 0.6) is 0 Å². The maximum atomic E-state index is 12.4. The predicted molar refractivity (Wildman–Crippen MR) is 70.4 cm³/mol. The third-order valence-corrected chi connectivity index (χ3v) is 2.82. The van der Waals surface area contributed by atoms with Gasteiger partial charge in [-0.25, -0.2) is 0 Å². The fourth-order valence-corrected chi connectivity index (χ4v) is 1.96. The van der Waals surface area contributed by atoms with Gasteiger partial charge in [-0.3, -0.25) is 4.90 Å². The molecule has 0 saturated heterocycles. The molecule has 0 radical (unpaired) electrons. The van der Waals surface area contributed by atoms with E-state index in [-0.39, 0.29) is 19.7 Å². The molecule has 0 bridgehead atoms. The highest BCUT2D eigenvalue weighted by Gasteiger charge is 2.30. The third-order valence-electron chi connectivity index (χ3n) is 2.82. The van der Waals surface area contributed by atoms with Crippen molar-refractivity contribution in [2.24, 2.45) is 0 Å². The highest BCUT2D eigenvalue weighted by Crippen LogP contribution is 2.22. The molecule has 0 aliphatic heterocycles. The Labute approximate surface area is 119 Å². The van der Waals surface area contributed by atoms with Crippen molar-refractivity contribution in [1.29, 1.82) is 0 Å². The Bertz CT molecular complexity index is 555. The molecule has 0 amide bonds. The summed E-state index contributed by atoms with van der Waals surface area (Å²) in [6.07, 6.45) is -4.32. The number of aromatic nitrogens is 1. The minimum absolute atomic E-state index is 0.0313. The van der Waals surface area contributed by atoms with Crippen LogP contribution in [0.3, 0.4) is 0 Å². The van der Waals surface area contributed by atoms with Crippen LogP contribution in [0.1, 0.15) is 5.69 Å². The number of hydrogen-bond acceptors (Lipinski definition) is 4. The van der Waals surface area contributed by atoms with Gasteiger partial charge in [0.2, 0.25) is 0 Å². The van der Waals surface area contributed by atoms with Gasteiger partial charge in [0.1, 0.15) is 0 Å². The number of aliphatic hydroxyl groups is 1. The first kappa shape index (κ1) is 15.5. The second-order valence-electron chi connectivity index (χ2n) is 4.60. The summed E-state index contributed by atoms with van der Waals surface area (Å²) in [4.78, 5) is 1.08. The molecule has 114 valence electrons. The van der Waals surface area contributed by atoms with Gasteiger partial charge in [0, 0.05) is 24.7 Å². The average Bonchev–Trinajstić information content (AvgIpc) is 2.87. The first-order valence-electron chi connectivity index (χ1n) is 6.39. The van der Waals surface area contributed by atoms with Crippen LogP contribution < -0.4 is 0 Å². The van der Waals surface area contributed by atoms with E-state index in [2.05, 4.69) is 5.16 Å². The van der Waals surface area contributed by atoms with Crippen molar-refractivity contribution in [2.75, 3.05) is 19.7 Å². The lowest BCUT2D eigenvalue weighted by atomic mass is 10.1. The van der Waals surface area contributed by atoms with Crippen LogP contribution in [0.25, 0.3) is 11.3 Å². The van der Waals surface area contributed by atoms with Crippen LogP contribution in [-0.4, -0.2) is 41.0 Å². The van der Waals surface area contributed by atoms with Crippen LogP contribution in [-0.2, 0) is 6.54 Å². The number of aliphatic hydroxyl groups excluding tert-OH is 1. The predicted octanol–water partition coefficient (Wildman–Crippen LogP) is 2.70. The molecule has 0 unspecified atom stereocenters. The molecule has 0 saturated carbocycles. The van der Waals surface area contributed by atoms with E-state index < -0.39 is 12.7 Å². The molecular formula is C14H15F3N2O2. The molecule has 0 aliphatic rings. The maximum absolute atomic E-state index is 12.4. The van der Waals surface area contributed by atoms with Crippen LogP contribution in [0, 0.1) is 0 Å². The topological polar surface area (TPSA) is 49.5 Å². The zero-order valence-electron chi connectivity index (χ0n) is 11.2. The van der Waals surface area contributed by atoms with E-state index in [1.807, 2.05) is 30.3 Å². The van der Waals surface area contributed by atoms with E-state index in [0.717, 1.165) is 10.5 Å². The number of benzene rings is 1. The summed E-state index contributed by atoms with van der Waals surface area (Å²) in [6.45, 7) is -1.55. The van der Waals surface area contributed by atoms with E-state index in [4.69, 9.17) is 9.63 Å². The van der Waals surface area contributed by atoms with Crippen molar-refractivity contribution in [3.8, 4) is 11.3 Å². The lowest BCUT2D eigenvalue weighted by molar-refractivity contribution is -0.148. The van der Waals surface area contributed by atoms with Crippen LogP contribution in [0.15, 0.2) is 40.9 Å². The number of halogens is 3. The summed E-state index contributed by atoms with van der Waals surface area (Å²) in [7, 11) is 0. The molecule has 0 spiro atoms. The van der Waals surface area contributed by atoms with Gasteiger partial charge in [-0.1, -0.05) is 35.5 Å². The Kier molecular flexibility index (Phi) is 4.98. The van der Waals surface area contributed by atoms with Crippen molar-refractivity contribution in [3.63, 3.8) is 0 Å². The van der Waals surface area contributed by atoms with Crippen molar-refractivity contribution >= 4 is 0 Å². The Morgan fingerprint density at radius 3 is 2.52 bits per heavy atom. The van der Waals surface area contributed by atoms with Crippen molar-refractivity contribution in [1.82, 2.24) is 10.1 Å². The summed E-state index contributed by atoms with van der Waals surface area (Å²) < 4.78 is 42.4. The van der Waals surface area contributed by atoms with Crippen molar-refractivity contribution in [2.45, 2.75) is 12.7 Å². The lowest BCUT2D eigenvalue weighted by Gasteiger charge is -2.21. The Hall–Kier alpha value is -1.86. The van der Waals surface area contributed by atoms with E-state index in [1.165, 1.54) is 0 Å². The first-order valence-corrected chi connectivity index (χ1v) is 6.39. The summed E-state index contributed by atoms with van der Waals surface area (Å²) in [5, 5.41) is 12.6. The van der Waals surface area contributed by atoms with Gasteiger partial charge in [-0.05, 0) is 0 Å². The molecule has 21 heavy (non-hydrogen) atoms. The number of hydrogen-bond donors (Lipinski definition) is 1. The smallest absolute Gasteiger partial charge is 0.395 e. The molecule has 2 aromatic rings. The van der Waals surface area contributed by atoms with Gasteiger partial charge in [-0.2, -0.15) is 13.2 Å². The summed E-state index contributed by atoms with van der Waals surface area (Å²) >= 11 is 0. The standard InChI is InChI=1S/C14H15F3N2O2/c15-14(16,17)10-19(6-7-20)9-12-8-13(21-18-12)11-4-2-1-3-5-11/h1-5,8,20H,6-7,9-10H2. The van der Waals surface area contributed by atoms with Gasteiger partial charge in [0.15, 0.2) is 5.76 Å². The minimum atomic E-state index is -4.32. The molecular weight excluding hydrogens is 285 g/mol. The Balaban J connectivity index is 2.06. The fraction of sp³-hybridized carbons (Fsp3) is 0.357. The summed E-state index contributed by atoms with van der Waals surface area (Å²) in [5.74, 6) is 0.501. The SMILES string of the molecule is OCCN(Cc1cc(-c2ccccc2)on1)CC(F)(F)F. The molecule has 4 nitrogen and oxygen atoms in total. The fourth-order valence-electron chi connectivity index (χ4n) is 1.96. The van der Waals surface area contributed by atoms with E-state index >= 15 is 0 Å². The number of nitrogens with zero attached hydrogens (tertiary/aromatic N) is 2. The monoisotopic (exact) mass is 300 g/mol. The summed E-state index contributed by atoms with van der Waals surface area (Å²) in [5.41, 5.74) is 1.20. The van der Waals surface area contributed by atoms with Gasteiger partial charge < -0.3 is 9.63 Å². The molecule has 1 N–H and O–H groups in total. The second-order valence-corrected chi connectivity index (χ2v) is 4.60.